The van der Waals surface area contributed by atoms with E-state index in [1.54, 1.807) is 23.0 Å². The molecule has 4 N–H and O–H groups in total. The van der Waals surface area contributed by atoms with E-state index in [1.807, 2.05) is 6.20 Å². The van der Waals surface area contributed by atoms with Gasteiger partial charge in [-0.15, -0.1) is 0 Å². The van der Waals surface area contributed by atoms with Crippen molar-refractivity contribution >= 4 is 49.0 Å². The zero-order chi connectivity index (χ0) is 16.2. The lowest BCUT2D eigenvalue weighted by Gasteiger charge is -2.10. The lowest BCUT2D eigenvalue weighted by Crippen LogP contribution is -2.31. The van der Waals surface area contributed by atoms with Crippen LogP contribution in [-0.2, 0) is 16.6 Å². The molecule has 7 nitrogen and oxygen atoms in total. The first kappa shape index (κ1) is 16.9. The van der Waals surface area contributed by atoms with Gasteiger partial charge in [-0.05, 0) is 52.4 Å². The zero-order valence-electron chi connectivity index (χ0n) is 11.4. The quantitative estimate of drug-likeness (QED) is 0.649. The summed E-state index contributed by atoms with van der Waals surface area (Å²) in [7, 11) is -3.68. The van der Waals surface area contributed by atoms with Crippen LogP contribution in [0.5, 0.6) is 0 Å². The van der Waals surface area contributed by atoms with Crippen LogP contribution in [-0.4, -0.2) is 29.9 Å². The molecule has 118 valence electrons. The normalized spacial score (nSPS) is 11.2. The largest absolute Gasteiger partial charge is 0.361 e. The highest BCUT2D eigenvalue weighted by Crippen LogP contribution is 2.12. The topological polar surface area (TPSA) is 102 Å². The maximum atomic E-state index is 11.2. The van der Waals surface area contributed by atoms with Crippen LogP contribution in [0.15, 0.2) is 46.0 Å². The molecular formula is C12H14BrN5O2S2. The molecule has 0 aliphatic carbocycles. The molecule has 22 heavy (non-hydrogen) atoms. The number of rotatable bonds is 5. The SMILES string of the molecule is NS(=O)(=O)c1ccc(NC(=S)NCCn2cc(Br)cn2)cc1. The summed E-state index contributed by atoms with van der Waals surface area (Å²) in [5.41, 5.74) is 0.673. The fourth-order valence-electron chi connectivity index (χ4n) is 1.65. The molecule has 10 heteroatoms. The summed E-state index contributed by atoms with van der Waals surface area (Å²) in [6, 6.07) is 6.03. The Labute approximate surface area is 142 Å². The lowest BCUT2D eigenvalue weighted by molar-refractivity contribution is 0.598. The Balaban J connectivity index is 1.81. The van der Waals surface area contributed by atoms with Gasteiger partial charge in [0.25, 0.3) is 0 Å². The van der Waals surface area contributed by atoms with Gasteiger partial charge < -0.3 is 10.6 Å². The van der Waals surface area contributed by atoms with Gasteiger partial charge >= 0.3 is 0 Å². The number of anilines is 1. The van der Waals surface area contributed by atoms with Gasteiger partial charge in [0.2, 0.25) is 10.0 Å². The monoisotopic (exact) mass is 403 g/mol. The molecule has 0 amide bonds. The standard InChI is InChI=1S/C12H14BrN5O2S2/c13-9-7-16-18(8-9)6-5-15-12(21)17-10-1-3-11(4-2-10)22(14,19)20/h1-4,7-8H,5-6H2,(H2,14,19,20)(H2,15,17,21). The molecule has 2 aromatic rings. The van der Waals surface area contributed by atoms with E-state index in [0.717, 1.165) is 4.47 Å². The Kier molecular flexibility index (Phi) is 5.51. The lowest BCUT2D eigenvalue weighted by atomic mass is 10.3. The number of hydrogen-bond donors (Lipinski definition) is 3. The number of sulfonamides is 1. The molecule has 0 aliphatic rings. The first-order valence-electron chi connectivity index (χ1n) is 6.20. The number of aromatic nitrogens is 2. The summed E-state index contributed by atoms with van der Waals surface area (Å²) in [5.74, 6) is 0. The number of thiocarbonyl (C=S) groups is 1. The van der Waals surface area contributed by atoms with Crippen LogP contribution < -0.4 is 15.8 Å². The van der Waals surface area contributed by atoms with Crippen molar-refractivity contribution in [1.82, 2.24) is 15.1 Å². The van der Waals surface area contributed by atoms with Gasteiger partial charge in [-0.25, -0.2) is 13.6 Å². The van der Waals surface area contributed by atoms with E-state index in [4.69, 9.17) is 17.4 Å². The second-order valence-corrected chi connectivity index (χ2v) is 7.26. The molecule has 2 rings (SSSR count). The second-order valence-electron chi connectivity index (χ2n) is 4.37. The van der Waals surface area contributed by atoms with Gasteiger partial charge in [0.05, 0.1) is 22.1 Å². The Bertz CT molecular complexity index is 758. The molecule has 1 aromatic heterocycles. The summed E-state index contributed by atoms with van der Waals surface area (Å²) in [4.78, 5) is 0.0567. The summed E-state index contributed by atoms with van der Waals surface area (Å²) in [6.07, 6.45) is 3.58. The van der Waals surface area contributed by atoms with Crippen molar-refractivity contribution in [2.45, 2.75) is 11.4 Å². The van der Waals surface area contributed by atoms with Crippen molar-refractivity contribution in [3.8, 4) is 0 Å². The molecule has 0 aliphatic heterocycles. The highest BCUT2D eigenvalue weighted by Gasteiger charge is 2.07. The van der Waals surface area contributed by atoms with Crippen molar-refractivity contribution in [3.63, 3.8) is 0 Å². The van der Waals surface area contributed by atoms with E-state index in [2.05, 4.69) is 31.7 Å². The molecule has 0 fully saturated rings. The molecule has 0 spiro atoms. The van der Waals surface area contributed by atoms with Gasteiger partial charge in [-0.2, -0.15) is 5.10 Å². The number of nitrogens with zero attached hydrogens (tertiary/aromatic N) is 2. The van der Waals surface area contributed by atoms with Gasteiger partial charge in [-0.1, -0.05) is 0 Å². The Hall–Kier alpha value is -1.49. The second kappa shape index (κ2) is 7.18. The predicted molar refractivity (Wildman–Crippen MR) is 92.0 cm³/mol. The Morgan fingerprint density at radius 1 is 1.36 bits per heavy atom. The molecule has 1 heterocycles. The van der Waals surface area contributed by atoms with E-state index in [0.29, 0.717) is 23.9 Å². The van der Waals surface area contributed by atoms with Crippen LogP contribution in [0.2, 0.25) is 0 Å². The van der Waals surface area contributed by atoms with Crippen molar-refractivity contribution in [2.75, 3.05) is 11.9 Å². The third-order valence-electron chi connectivity index (χ3n) is 2.67. The first-order chi connectivity index (χ1) is 10.3. The smallest absolute Gasteiger partial charge is 0.238 e. The van der Waals surface area contributed by atoms with Crippen LogP contribution in [0, 0.1) is 0 Å². The van der Waals surface area contributed by atoms with Crippen molar-refractivity contribution in [1.29, 1.82) is 0 Å². The first-order valence-corrected chi connectivity index (χ1v) is 8.95. The zero-order valence-corrected chi connectivity index (χ0v) is 14.6. The minimum absolute atomic E-state index is 0.0567. The minimum atomic E-state index is -3.68. The van der Waals surface area contributed by atoms with Crippen molar-refractivity contribution < 1.29 is 8.42 Å². The van der Waals surface area contributed by atoms with Crippen LogP contribution in [0.4, 0.5) is 5.69 Å². The molecule has 0 saturated carbocycles. The molecule has 0 unspecified atom stereocenters. The van der Waals surface area contributed by atoms with E-state index in [-0.39, 0.29) is 4.90 Å². The van der Waals surface area contributed by atoms with Crippen molar-refractivity contribution in [2.24, 2.45) is 5.14 Å². The van der Waals surface area contributed by atoms with E-state index in [9.17, 15) is 8.42 Å². The summed E-state index contributed by atoms with van der Waals surface area (Å²) in [6.45, 7) is 1.27. The number of nitrogens with one attached hydrogen (secondary N) is 2. The fourth-order valence-corrected chi connectivity index (χ4v) is 2.71. The van der Waals surface area contributed by atoms with Gasteiger partial charge in [0.15, 0.2) is 5.11 Å². The van der Waals surface area contributed by atoms with Gasteiger partial charge in [0, 0.05) is 18.4 Å². The fraction of sp³-hybridized carbons (Fsp3) is 0.167. The maximum absolute atomic E-state index is 11.2. The summed E-state index contributed by atoms with van der Waals surface area (Å²) >= 11 is 8.48. The van der Waals surface area contributed by atoms with Crippen LogP contribution in [0.25, 0.3) is 0 Å². The van der Waals surface area contributed by atoms with E-state index in [1.165, 1.54) is 12.1 Å². The van der Waals surface area contributed by atoms with Crippen LogP contribution in [0.3, 0.4) is 0 Å². The number of benzene rings is 1. The van der Waals surface area contributed by atoms with Crippen molar-refractivity contribution in [3.05, 3.63) is 41.1 Å². The molecule has 1 aromatic carbocycles. The van der Waals surface area contributed by atoms with E-state index >= 15 is 0 Å². The maximum Gasteiger partial charge on any atom is 0.238 e. The third-order valence-corrected chi connectivity index (χ3v) is 4.25. The Morgan fingerprint density at radius 3 is 2.59 bits per heavy atom. The summed E-state index contributed by atoms with van der Waals surface area (Å²) in [5, 5.41) is 15.6. The average Bonchev–Trinajstić information content (AvgIpc) is 2.84. The highest BCUT2D eigenvalue weighted by atomic mass is 79.9. The third kappa shape index (κ3) is 5.05. The molecule has 0 bridgehead atoms. The number of primary sulfonamides is 1. The van der Waals surface area contributed by atoms with Gasteiger partial charge in [-0.3, -0.25) is 4.68 Å². The highest BCUT2D eigenvalue weighted by molar-refractivity contribution is 9.10. The number of hydrogen-bond acceptors (Lipinski definition) is 4. The summed E-state index contributed by atoms with van der Waals surface area (Å²) < 4.78 is 25.0. The van der Waals surface area contributed by atoms with Crippen LogP contribution >= 0.6 is 28.1 Å². The molecule has 0 saturated heterocycles. The molecular weight excluding hydrogens is 390 g/mol. The number of halogens is 1. The Morgan fingerprint density at radius 2 is 2.05 bits per heavy atom. The van der Waals surface area contributed by atoms with Crippen LogP contribution in [0.1, 0.15) is 0 Å². The predicted octanol–water partition coefficient (Wildman–Crippen LogP) is 1.28. The van der Waals surface area contributed by atoms with E-state index < -0.39 is 10.0 Å². The minimum Gasteiger partial charge on any atom is -0.361 e. The molecule has 0 atom stereocenters. The number of nitrogens with two attached hydrogens (primary N) is 1. The average molecular weight is 404 g/mol. The molecule has 0 radical (unpaired) electrons. The van der Waals surface area contributed by atoms with Gasteiger partial charge in [0.1, 0.15) is 0 Å².